The normalized spacial score (nSPS) is 41.6. The highest BCUT2D eigenvalue weighted by atomic mass is 28.4. The summed E-state index contributed by atoms with van der Waals surface area (Å²) >= 11 is 0. The second kappa shape index (κ2) is 7.86. The molecule has 0 bridgehead atoms. The average Bonchev–Trinajstić information content (AvgIpc) is 3.04. The first-order valence-corrected chi connectivity index (χ1v) is 16.3. The lowest BCUT2D eigenvalue weighted by molar-refractivity contribution is 0.0352. The van der Waals surface area contributed by atoms with Crippen molar-refractivity contribution in [2.24, 2.45) is 34.5 Å². The highest BCUT2D eigenvalue weighted by Gasteiger charge is 2.57. The Hall–Kier alpha value is -0.343. The molecule has 7 atom stereocenters. The summed E-state index contributed by atoms with van der Waals surface area (Å²) in [5.74, 6) is 3.42. The van der Waals surface area contributed by atoms with E-state index in [0.717, 1.165) is 23.7 Å². The van der Waals surface area contributed by atoms with Crippen LogP contribution in [0.15, 0.2) is 23.3 Å². The van der Waals surface area contributed by atoms with Crippen LogP contribution in [0.5, 0.6) is 0 Å². The van der Waals surface area contributed by atoms with E-state index in [2.05, 4.69) is 73.7 Å². The van der Waals surface area contributed by atoms with Crippen LogP contribution in [-0.4, -0.2) is 14.4 Å². The summed E-state index contributed by atoms with van der Waals surface area (Å²) < 4.78 is 6.89. The van der Waals surface area contributed by atoms with Crippen LogP contribution < -0.4 is 0 Å². The van der Waals surface area contributed by atoms with Gasteiger partial charge in [0.2, 0.25) is 0 Å². The van der Waals surface area contributed by atoms with Gasteiger partial charge >= 0.3 is 0 Å². The average molecular weight is 443 g/mol. The molecule has 1 nitrogen and oxygen atoms in total. The van der Waals surface area contributed by atoms with Crippen LogP contribution in [0.4, 0.5) is 0 Å². The van der Waals surface area contributed by atoms with Gasteiger partial charge in [-0.2, -0.15) is 0 Å². The fraction of sp³-hybridized carbons (Fsp3) is 0.862. The van der Waals surface area contributed by atoms with Gasteiger partial charge in [0.15, 0.2) is 8.32 Å². The lowest BCUT2D eigenvalue weighted by atomic mass is 9.50. The van der Waals surface area contributed by atoms with Gasteiger partial charge in [-0.1, -0.05) is 78.2 Å². The van der Waals surface area contributed by atoms with Crippen molar-refractivity contribution >= 4 is 8.32 Å². The minimum atomic E-state index is -1.70. The zero-order valence-electron chi connectivity index (χ0n) is 22.1. The minimum Gasteiger partial charge on any atom is -0.414 e. The summed E-state index contributed by atoms with van der Waals surface area (Å²) in [7, 11) is -1.70. The molecule has 4 aliphatic carbocycles. The van der Waals surface area contributed by atoms with Crippen molar-refractivity contribution in [1.82, 2.24) is 0 Å². The summed E-state index contributed by atoms with van der Waals surface area (Å²) in [6, 6.07) is 0. The van der Waals surface area contributed by atoms with Crippen molar-refractivity contribution in [3.8, 4) is 0 Å². The molecule has 0 heterocycles. The van der Waals surface area contributed by atoms with E-state index in [1.807, 2.05) is 5.57 Å². The van der Waals surface area contributed by atoms with Gasteiger partial charge in [-0.25, -0.2) is 0 Å². The van der Waals surface area contributed by atoms with Crippen LogP contribution >= 0.6 is 0 Å². The molecule has 0 aromatic carbocycles. The number of rotatable bonds is 4. The Kier molecular flexibility index (Phi) is 6.04. The summed E-state index contributed by atoms with van der Waals surface area (Å²) in [6.45, 7) is 22.1. The van der Waals surface area contributed by atoms with E-state index in [1.54, 1.807) is 5.57 Å². The molecule has 4 aliphatic rings. The third kappa shape index (κ3) is 3.76. The number of allylic oxidation sites excluding steroid dienone is 3. The highest BCUT2D eigenvalue weighted by Crippen LogP contribution is 2.66. The van der Waals surface area contributed by atoms with Crippen LogP contribution in [0.25, 0.3) is 0 Å². The number of hydrogen-bond acceptors (Lipinski definition) is 1. The van der Waals surface area contributed by atoms with Gasteiger partial charge in [0.05, 0.1) is 0 Å². The lowest BCUT2D eigenvalue weighted by Gasteiger charge is -2.56. The quantitative estimate of drug-likeness (QED) is 0.395. The molecule has 4 unspecified atom stereocenters. The van der Waals surface area contributed by atoms with E-state index < -0.39 is 8.32 Å². The number of hydrogen-bond donors (Lipinski definition) is 0. The molecule has 2 heteroatoms. The largest absolute Gasteiger partial charge is 0.414 e. The van der Waals surface area contributed by atoms with E-state index in [0.29, 0.717) is 22.0 Å². The Morgan fingerprint density at radius 3 is 2.39 bits per heavy atom. The third-order valence-corrected chi connectivity index (χ3v) is 15.7. The molecule has 0 spiro atoms. The Labute approximate surface area is 194 Å². The van der Waals surface area contributed by atoms with E-state index >= 15 is 0 Å². The van der Waals surface area contributed by atoms with Crippen LogP contribution in [0.3, 0.4) is 0 Å². The van der Waals surface area contributed by atoms with Gasteiger partial charge in [0, 0.05) is 6.10 Å². The van der Waals surface area contributed by atoms with E-state index in [1.165, 1.54) is 51.4 Å². The molecule has 3 fully saturated rings. The van der Waals surface area contributed by atoms with Gasteiger partial charge in [-0.3, -0.25) is 0 Å². The van der Waals surface area contributed by atoms with Crippen molar-refractivity contribution in [1.29, 1.82) is 0 Å². The first-order valence-electron chi connectivity index (χ1n) is 13.4. The molecular weight excluding hydrogens is 392 g/mol. The molecule has 0 N–H and O–H groups in total. The first kappa shape index (κ1) is 23.8. The molecular formula is C29H50OSi. The summed E-state index contributed by atoms with van der Waals surface area (Å²) in [4.78, 5) is 0. The fourth-order valence-corrected chi connectivity index (χ4v) is 9.31. The number of fused-ring (bicyclic) bond motifs is 5. The van der Waals surface area contributed by atoms with Crippen LogP contribution in [0.2, 0.25) is 18.1 Å². The zero-order chi connectivity index (χ0) is 22.8. The fourth-order valence-electron chi connectivity index (χ4n) is 7.92. The van der Waals surface area contributed by atoms with Crippen LogP contribution in [-0.2, 0) is 4.43 Å². The third-order valence-electron chi connectivity index (χ3n) is 11.2. The predicted octanol–water partition coefficient (Wildman–Crippen LogP) is 8.92. The molecule has 31 heavy (non-hydrogen) atoms. The Bertz CT molecular complexity index is 755. The Balaban J connectivity index is 1.57. The standard InChI is InChI=1S/C29H50OSi/c1-10-20(2)24-13-14-25-23-12-11-21-19-22(30-31(8,9)27(3,4)5)15-17-28(21,6)26(23)16-18-29(24,25)7/h11-12,20,22,24-26H,10,13-19H2,1-9H3/t20?,22-,24?,25?,26?,28-,29+/m0/s1. The van der Waals surface area contributed by atoms with Gasteiger partial charge in [-0.15, -0.1) is 0 Å². The minimum absolute atomic E-state index is 0.296. The van der Waals surface area contributed by atoms with Gasteiger partial charge in [0.1, 0.15) is 0 Å². The molecule has 4 rings (SSSR count). The van der Waals surface area contributed by atoms with Crippen molar-refractivity contribution in [3.05, 3.63) is 23.3 Å². The van der Waals surface area contributed by atoms with E-state index in [-0.39, 0.29) is 0 Å². The molecule has 176 valence electrons. The Morgan fingerprint density at radius 2 is 1.74 bits per heavy atom. The molecule has 0 aromatic heterocycles. The van der Waals surface area contributed by atoms with Gasteiger partial charge < -0.3 is 4.43 Å². The zero-order valence-corrected chi connectivity index (χ0v) is 23.1. The smallest absolute Gasteiger partial charge is 0.192 e. The van der Waals surface area contributed by atoms with Gasteiger partial charge in [-0.05, 0) is 97.6 Å². The molecule has 0 aliphatic heterocycles. The lowest BCUT2D eigenvalue weighted by Crippen LogP contribution is -2.49. The topological polar surface area (TPSA) is 9.23 Å². The van der Waals surface area contributed by atoms with Crippen molar-refractivity contribution < 1.29 is 4.43 Å². The second-order valence-corrected chi connectivity index (χ2v) is 18.5. The van der Waals surface area contributed by atoms with E-state index in [9.17, 15) is 0 Å². The molecule has 0 radical (unpaired) electrons. The maximum atomic E-state index is 6.89. The van der Waals surface area contributed by atoms with Crippen LogP contribution in [0, 0.1) is 34.5 Å². The van der Waals surface area contributed by atoms with Crippen LogP contribution in [0.1, 0.15) is 99.8 Å². The van der Waals surface area contributed by atoms with E-state index in [4.69, 9.17) is 4.43 Å². The monoisotopic (exact) mass is 442 g/mol. The van der Waals surface area contributed by atoms with Crippen molar-refractivity contribution in [2.45, 2.75) is 124 Å². The molecule has 0 aromatic rings. The predicted molar refractivity (Wildman–Crippen MR) is 137 cm³/mol. The van der Waals surface area contributed by atoms with Crippen molar-refractivity contribution in [3.63, 3.8) is 0 Å². The highest BCUT2D eigenvalue weighted by molar-refractivity contribution is 6.74. The maximum Gasteiger partial charge on any atom is 0.192 e. The summed E-state index contributed by atoms with van der Waals surface area (Å²) in [5, 5.41) is 0.296. The maximum absolute atomic E-state index is 6.89. The van der Waals surface area contributed by atoms with Gasteiger partial charge in [0.25, 0.3) is 0 Å². The summed E-state index contributed by atoms with van der Waals surface area (Å²) in [5.41, 5.74) is 4.47. The summed E-state index contributed by atoms with van der Waals surface area (Å²) in [6.07, 6.45) is 16.4. The Morgan fingerprint density at radius 1 is 1.03 bits per heavy atom. The first-order chi connectivity index (χ1) is 14.3. The molecule has 0 amide bonds. The second-order valence-electron chi connectivity index (χ2n) is 13.7. The SMILES string of the molecule is CCC(C)C1CCC2C3=CC=C4C[C@@H](O[Si](C)(C)C(C)(C)C)CC[C@]4(C)C3CC[C@@]21C. The molecule has 3 saturated carbocycles. The molecule has 0 saturated heterocycles. The van der Waals surface area contributed by atoms with Crippen molar-refractivity contribution in [2.75, 3.05) is 0 Å².